The predicted octanol–water partition coefficient (Wildman–Crippen LogP) is 2.36. The molecule has 2 aromatic rings. The zero-order chi connectivity index (χ0) is 13.3. The molecule has 5 nitrogen and oxygen atoms in total. The third-order valence-corrected chi connectivity index (χ3v) is 2.55. The molecule has 2 rings (SSSR count). The van der Waals surface area contributed by atoms with Crippen molar-refractivity contribution in [3.05, 3.63) is 24.0 Å². The second kappa shape index (κ2) is 4.40. The number of pyridine rings is 1. The maximum absolute atomic E-state index is 11.9. The van der Waals surface area contributed by atoms with Crippen LogP contribution in [0.3, 0.4) is 0 Å². The quantitative estimate of drug-likeness (QED) is 0.764. The Morgan fingerprint density at radius 3 is 2.78 bits per heavy atom. The van der Waals surface area contributed by atoms with Crippen molar-refractivity contribution in [2.45, 2.75) is 33.2 Å². The van der Waals surface area contributed by atoms with Crippen LogP contribution in [0.5, 0.6) is 0 Å². The highest BCUT2D eigenvalue weighted by Crippen LogP contribution is 2.23. The molecule has 0 aliphatic rings. The van der Waals surface area contributed by atoms with Crippen LogP contribution < -0.4 is 0 Å². The van der Waals surface area contributed by atoms with Crippen molar-refractivity contribution in [1.82, 2.24) is 14.8 Å². The summed E-state index contributed by atoms with van der Waals surface area (Å²) in [5, 5.41) is 5.09. The molecule has 96 valence electrons. The van der Waals surface area contributed by atoms with Crippen LogP contribution in [0, 0.1) is 0 Å². The normalized spacial score (nSPS) is 11.8. The van der Waals surface area contributed by atoms with E-state index in [-0.39, 0.29) is 5.54 Å². The Morgan fingerprint density at radius 1 is 1.44 bits per heavy atom. The van der Waals surface area contributed by atoms with E-state index in [1.165, 1.54) is 0 Å². The number of hydrogen-bond acceptors (Lipinski definition) is 4. The van der Waals surface area contributed by atoms with Gasteiger partial charge in [-0.2, -0.15) is 5.10 Å². The fourth-order valence-electron chi connectivity index (χ4n) is 1.77. The second-order valence-corrected chi connectivity index (χ2v) is 5.03. The van der Waals surface area contributed by atoms with E-state index in [0.29, 0.717) is 17.9 Å². The van der Waals surface area contributed by atoms with Gasteiger partial charge in [0.25, 0.3) is 0 Å². The molecule has 0 fully saturated rings. The van der Waals surface area contributed by atoms with Crippen LogP contribution in [0.4, 0.5) is 0 Å². The summed E-state index contributed by atoms with van der Waals surface area (Å²) < 4.78 is 6.78. The molecular weight excluding hydrogens is 230 g/mol. The number of fused-ring (bicyclic) bond motifs is 1. The predicted molar refractivity (Wildman–Crippen MR) is 68.5 cm³/mol. The summed E-state index contributed by atoms with van der Waals surface area (Å²) in [5.74, 6) is -0.404. The van der Waals surface area contributed by atoms with Gasteiger partial charge in [0.05, 0.1) is 17.5 Å². The molecule has 18 heavy (non-hydrogen) atoms. The van der Waals surface area contributed by atoms with Gasteiger partial charge in [0, 0.05) is 6.20 Å². The molecule has 0 atom stereocenters. The summed E-state index contributed by atoms with van der Waals surface area (Å²) in [6.45, 7) is 8.16. The Morgan fingerprint density at radius 2 is 2.17 bits per heavy atom. The Labute approximate surface area is 106 Å². The van der Waals surface area contributed by atoms with E-state index < -0.39 is 5.97 Å². The smallest absolute Gasteiger partial charge is 0.359 e. The van der Waals surface area contributed by atoms with E-state index >= 15 is 0 Å². The first-order chi connectivity index (χ1) is 8.45. The van der Waals surface area contributed by atoms with Gasteiger partial charge < -0.3 is 4.74 Å². The fraction of sp³-hybridized carbons (Fsp3) is 0.462. The average molecular weight is 247 g/mol. The number of hydrogen-bond donors (Lipinski definition) is 0. The molecule has 0 saturated carbocycles. The molecule has 0 unspecified atom stereocenters. The van der Waals surface area contributed by atoms with Gasteiger partial charge in [0.1, 0.15) is 0 Å². The Kier molecular flexibility index (Phi) is 3.07. The lowest BCUT2D eigenvalue weighted by Gasteiger charge is -2.19. The Balaban J connectivity index is 2.65. The van der Waals surface area contributed by atoms with E-state index in [2.05, 4.69) is 10.1 Å². The minimum Gasteiger partial charge on any atom is -0.461 e. The largest absolute Gasteiger partial charge is 0.461 e. The monoisotopic (exact) mass is 247 g/mol. The van der Waals surface area contributed by atoms with Crippen molar-refractivity contribution in [2.24, 2.45) is 0 Å². The van der Waals surface area contributed by atoms with E-state index in [9.17, 15) is 4.79 Å². The average Bonchev–Trinajstić information content (AvgIpc) is 2.68. The number of carbonyl (C=O) groups is 1. The van der Waals surface area contributed by atoms with Gasteiger partial charge in [-0.3, -0.25) is 0 Å². The van der Waals surface area contributed by atoms with Crippen molar-refractivity contribution in [3.8, 4) is 0 Å². The van der Waals surface area contributed by atoms with E-state index in [0.717, 1.165) is 5.39 Å². The molecule has 0 saturated heterocycles. The number of nitrogens with zero attached hydrogens (tertiary/aromatic N) is 3. The first kappa shape index (κ1) is 12.5. The maximum atomic E-state index is 11.9. The Bertz CT molecular complexity index is 581. The topological polar surface area (TPSA) is 57.0 Å². The van der Waals surface area contributed by atoms with Crippen LogP contribution in [0.1, 0.15) is 38.2 Å². The molecule has 2 heterocycles. The maximum Gasteiger partial charge on any atom is 0.359 e. The number of ether oxygens (including phenoxy) is 1. The van der Waals surface area contributed by atoms with Crippen molar-refractivity contribution in [2.75, 3.05) is 6.61 Å². The first-order valence-corrected chi connectivity index (χ1v) is 5.96. The number of aromatic nitrogens is 3. The lowest BCUT2D eigenvalue weighted by Crippen LogP contribution is -2.24. The van der Waals surface area contributed by atoms with Crippen LogP contribution in [0.15, 0.2) is 18.3 Å². The zero-order valence-electron chi connectivity index (χ0n) is 11.1. The fourth-order valence-corrected chi connectivity index (χ4v) is 1.77. The molecule has 5 heteroatoms. The van der Waals surface area contributed by atoms with Gasteiger partial charge in [-0.1, -0.05) is 0 Å². The van der Waals surface area contributed by atoms with Crippen LogP contribution in [-0.2, 0) is 10.3 Å². The van der Waals surface area contributed by atoms with E-state index in [1.807, 2.05) is 26.8 Å². The summed E-state index contributed by atoms with van der Waals surface area (Å²) in [6.07, 6.45) is 1.70. The van der Waals surface area contributed by atoms with Crippen LogP contribution >= 0.6 is 0 Å². The molecule has 0 radical (unpaired) electrons. The van der Waals surface area contributed by atoms with Gasteiger partial charge in [0.2, 0.25) is 0 Å². The summed E-state index contributed by atoms with van der Waals surface area (Å²) >= 11 is 0. The minimum absolute atomic E-state index is 0.239. The van der Waals surface area contributed by atoms with E-state index in [4.69, 9.17) is 4.74 Å². The summed E-state index contributed by atoms with van der Waals surface area (Å²) in [7, 11) is 0. The molecule has 0 bridgehead atoms. The van der Waals surface area contributed by atoms with Gasteiger partial charge in [-0.05, 0) is 39.8 Å². The van der Waals surface area contributed by atoms with Crippen molar-refractivity contribution in [3.63, 3.8) is 0 Å². The molecule has 0 aromatic carbocycles. The summed E-state index contributed by atoms with van der Waals surface area (Å²) in [4.78, 5) is 16.2. The van der Waals surface area contributed by atoms with Gasteiger partial charge in [-0.15, -0.1) is 0 Å². The third kappa shape index (κ3) is 2.08. The minimum atomic E-state index is -0.404. The van der Waals surface area contributed by atoms with Crippen LogP contribution in [0.25, 0.3) is 11.0 Å². The second-order valence-electron chi connectivity index (χ2n) is 5.03. The standard InChI is InChI=1S/C13H17N3O2/c1-5-18-12(17)10-9-7-6-8-14-11(9)16(15-10)13(2,3)4/h6-8H,5H2,1-4H3. The SMILES string of the molecule is CCOC(=O)c1nn(C(C)(C)C)c2ncccc12. The van der Waals surface area contributed by atoms with Gasteiger partial charge in [0.15, 0.2) is 11.3 Å². The van der Waals surface area contributed by atoms with Crippen molar-refractivity contribution >= 4 is 17.0 Å². The van der Waals surface area contributed by atoms with Crippen LogP contribution in [-0.4, -0.2) is 27.3 Å². The molecular formula is C13H17N3O2. The Hall–Kier alpha value is -1.91. The third-order valence-electron chi connectivity index (χ3n) is 2.55. The highest BCUT2D eigenvalue weighted by molar-refractivity contribution is 6.01. The number of carbonyl (C=O) groups excluding carboxylic acids is 1. The highest BCUT2D eigenvalue weighted by Gasteiger charge is 2.24. The molecule has 2 aromatic heterocycles. The van der Waals surface area contributed by atoms with Gasteiger partial charge in [-0.25, -0.2) is 14.5 Å². The van der Waals surface area contributed by atoms with Crippen molar-refractivity contribution in [1.29, 1.82) is 0 Å². The summed E-state index contributed by atoms with van der Waals surface area (Å²) in [5.41, 5.74) is 0.792. The van der Waals surface area contributed by atoms with Crippen LogP contribution in [0.2, 0.25) is 0 Å². The lowest BCUT2D eigenvalue weighted by atomic mass is 10.1. The number of esters is 1. The molecule has 0 N–H and O–H groups in total. The first-order valence-electron chi connectivity index (χ1n) is 5.96. The molecule has 0 amide bonds. The van der Waals surface area contributed by atoms with Gasteiger partial charge >= 0.3 is 5.97 Å². The lowest BCUT2D eigenvalue weighted by molar-refractivity contribution is 0.0520. The van der Waals surface area contributed by atoms with E-state index in [1.54, 1.807) is 23.9 Å². The van der Waals surface area contributed by atoms with Crippen molar-refractivity contribution < 1.29 is 9.53 Å². The number of rotatable bonds is 2. The highest BCUT2D eigenvalue weighted by atomic mass is 16.5. The summed E-state index contributed by atoms with van der Waals surface area (Å²) in [6, 6.07) is 3.63. The molecule has 0 aliphatic heterocycles. The molecule has 0 spiro atoms. The molecule has 0 aliphatic carbocycles. The zero-order valence-corrected chi connectivity index (χ0v) is 11.1.